The van der Waals surface area contributed by atoms with Crippen LogP contribution in [-0.4, -0.2) is 57.8 Å². The van der Waals surface area contributed by atoms with Gasteiger partial charge in [0, 0.05) is 19.1 Å². The minimum Gasteiger partial charge on any atom is -0.318 e. The third-order valence-corrected chi connectivity index (χ3v) is 5.07. The monoisotopic (exact) mass is 263 g/mol. The quantitative estimate of drug-likeness (QED) is 0.679. The molecule has 102 valence electrons. The predicted molar refractivity (Wildman–Crippen MR) is 70.6 cm³/mol. The molecule has 1 aliphatic rings. The molecule has 1 saturated heterocycles. The summed E-state index contributed by atoms with van der Waals surface area (Å²) in [5.41, 5.74) is 0. The zero-order chi connectivity index (χ0) is 12.9. The Morgan fingerprint density at radius 2 is 1.82 bits per heavy atom. The molecule has 0 saturated carbocycles. The van der Waals surface area contributed by atoms with Crippen LogP contribution in [0, 0.1) is 0 Å². The maximum absolute atomic E-state index is 11.9. The summed E-state index contributed by atoms with van der Waals surface area (Å²) >= 11 is 0. The molecule has 1 rings (SSSR count). The lowest BCUT2D eigenvalue weighted by Crippen LogP contribution is -2.46. The zero-order valence-corrected chi connectivity index (χ0v) is 11.9. The summed E-state index contributed by atoms with van der Waals surface area (Å²) in [6.45, 7) is 7.14. The van der Waals surface area contributed by atoms with Crippen molar-refractivity contribution < 1.29 is 8.42 Å². The first kappa shape index (κ1) is 14.9. The van der Waals surface area contributed by atoms with Crippen molar-refractivity contribution in [3.05, 3.63) is 0 Å². The molecule has 0 aromatic rings. The smallest absolute Gasteiger partial charge is 0.215 e. The maximum Gasteiger partial charge on any atom is 0.215 e. The molecule has 0 spiro atoms. The molecule has 0 amide bonds. The van der Waals surface area contributed by atoms with Gasteiger partial charge in [0.05, 0.1) is 5.25 Å². The minimum atomic E-state index is -3.20. The van der Waals surface area contributed by atoms with E-state index in [1.54, 1.807) is 14.0 Å². The average Bonchev–Trinajstić information content (AvgIpc) is 2.69. The van der Waals surface area contributed by atoms with Crippen LogP contribution in [0.2, 0.25) is 0 Å². The Bertz CT molecular complexity index is 313. The van der Waals surface area contributed by atoms with Crippen molar-refractivity contribution in [1.29, 1.82) is 0 Å². The fourth-order valence-corrected chi connectivity index (χ4v) is 3.44. The van der Waals surface area contributed by atoms with Gasteiger partial charge in [-0.1, -0.05) is 0 Å². The molecule has 0 aromatic carbocycles. The van der Waals surface area contributed by atoms with Crippen molar-refractivity contribution in [2.75, 3.05) is 33.2 Å². The van der Waals surface area contributed by atoms with Gasteiger partial charge in [0.1, 0.15) is 0 Å². The number of likely N-dealkylation sites (tertiary alicyclic amines) is 1. The summed E-state index contributed by atoms with van der Waals surface area (Å²) in [5, 5.41) is 2.50. The molecule has 1 fully saturated rings. The molecule has 2 atom stereocenters. The molecule has 5 nitrogen and oxygen atoms in total. The summed E-state index contributed by atoms with van der Waals surface area (Å²) < 4.78 is 26.6. The van der Waals surface area contributed by atoms with Gasteiger partial charge in [-0.25, -0.2) is 13.1 Å². The van der Waals surface area contributed by atoms with Crippen molar-refractivity contribution in [2.24, 2.45) is 0 Å². The van der Waals surface area contributed by atoms with Gasteiger partial charge in [-0.05, 0) is 46.8 Å². The summed E-state index contributed by atoms with van der Waals surface area (Å²) in [6.07, 6.45) is 2.46. The SMILES string of the molecule is CNCC(C)S(=O)(=O)NC(C)CN1CCCC1. The molecule has 6 heteroatoms. The molecule has 0 radical (unpaired) electrons. The summed E-state index contributed by atoms with van der Waals surface area (Å²) in [6, 6.07) is -0.0163. The van der Waals surface area contributed by atoms with Crippen molar-refractivity contribution in [1.82, 2.24) is 14.9 Å². The highest BCUT2D eigenvalue weighted by Crippen LogP contribution is 2.08. The van der Waals surface area contributed by atoms with E-state index in [-0.39, 0.29) is 6.04 Å². The van der Waals surface area contributed by atoms with Gasteiger partial charge < -0.3 is 10.2 Å². The standard InChI is InChI=1S/C11H25N3O2S/c1-10(9-14-6-4-5-7-14)13-17(15,16)11(2)8-12-3/h10-13H,4-9H2,1-3H3. The normalized spacial score (nSPS) is 21.6. The van der Waals surface area contributed by atoms with Crippen LogP contribution in [0.4, 0.5) is 0 Å². The molecule has 1 heterocycles. The van der Waals surface area contributed by atoms with Crippen molar-refractivity contribution in [3.63, 3.8) is 0 Å². The fraction of sp³-hybridized carbons (Fsp3) is 1.00. The average molecular weight is 263 g/mol. The van der Waals surface area contributed by atoms with Crippen LogP contribution in [-0.2, 0) is 10.0 Å². The highest BCUT2D eigenvalue weighted by molar-refractivity contribution is 7.90. The van der Waals surface area contributed by atoms with Gasteiger partial charge >= 0.3 is 0 Å². The molecular weight excluding hydrogens is 238 g/mol. The number of nitrogens with one attached hydrogen (secondary N) is 2. The Hall–Kier alpha value is -0.170. The van der Waals surface area contributed by atoms with E-state index in [1.807, 2.05) is 6.92 Å². The number of hydrogen-bond acceptors (Lipinski definition) is 4. The molecule has 1 aliphatic heterocycles. The first-order valence-corrected chi connectivity index (χ1v) is 7.88. The number of rotatable bonds is 7. The van der Waals surface area contributed by atoms with Crippen LogP contribution >= 0.6 is 0 Å². The van der Waals surface area contributed by atoms with Crippen molar-refractivity contribution in [2.45, 2.75) is 38.0 Å². The van der Waals surface area contributed by atoms with Gasteiger partial charge in [-0.15, -0.1) is 0 Å². The van der Waals surface area contributed by atoms with E-state index in [0.717, 1.165) is 19.6 Å². The van der Waals surface area contributed by atoms with E-state index in [4.69, 9.17) is 0 Å². The van der Waals surface area contributed by atoms with E-state index >= 15 is 0 Å². The maximum atomic E-state index is 11.9. The third kappa shape index (κ3) is 4.91. The highest BCUT2D eigenvalue weighted by atomic mass is 32.2. The first-order chi connectivity index (χ1) is 7.95. The molecule has 0 aliphatic carbocycles. The van der Waals surface area contributed by atoms with E-state index in [0.29, 0.717) is 6.54 Å². The van der Waals surface area contributed by atoms with Crippen LogP contribution < -0.4 is 10.0 Å². The minimum absolute atomic E-state index is 0.0163. The topological polar surface area (TPSA) is 61.4 Å². The molecule has 2 unspecified atom stereocenters. The molecule has 0 aromatic heterocycles. The Labute approximate surface area is 105 Å². The van der Waals surface area contributed by atoms with Crippen molar-refractivity contribution in [3.8, 4) is 0 Å². The van der Waals surface area contributed by atoms with Crippen LogP contribution in [0.5, 0.6) is 0 Å². The second-order valence-corrected chi connectivity index (χ2v) is 7.07. The first-order valence-electron chi connectivity index (χ1n) is 6.34. The highest BCUT2D eigenvalue weighted by Gasteiger charge is 2.23. The second-order valence-electron chi connectivity index (χ2n) is 4.94. The fourth-order valence-electron chi connectivity index (χ4n) is 2.18. The van der Waals surface area contributed by atoms with E-state index < -0.39 is 15.3 Å². The van der Waals surface area contributed by atoms with Crippen molar-refractivity contribution >= 4 is 10.0 Å². The number of nitrogens with zero attached hydrogens (tertiary/aromatic N) is 1. The number of hydrogen-bond donors (Lipinski definition) is 2. The Kier molecular flexibility index (Phi) is 5.85. The third-order valence-electron chi connectivity index (χ3n) is 3.12. The summed E-state index contributed by atoms with van der Waals surface area (Å²) in [5.74, 6) is 0. The van der Waals surface area contributed by atoms with E-state index in [2.05, 4.69) is 14.9 Å². The van der Waals surface area contributed by atoms with Crippen LogP contribution in [0.15, 0.2) is 0 Å². The van der Waals surface area contributed by atoms with Gasteiger partial charge in [-0.3, -0.25) is 0 Å². The Morgan fingerprint density at radius 1 is 1.24 bits per heavy atom. The Balaban J connectivity index is 2.40. The molecule has 0 bridgehead atoms. The van der Waals surface area contributed by atoms with Crippen LogP contribution in [0.1, 0.15) is 26.7 Å². The summed E-state index contributed by atoms with van der Waals surface area (Å²) in [7, 11) is -1.44. The van der Waals surface area contributed by atoms with Crippen LogP contribution in [0.3, 0.4) is 0 Å². The Morgan fingerprint density at radius 3 is 2.35 bits per heavy atom. The molecule has 2 N–H and O–H groups in total. The largest absolute Gasteiger partial charge is 0.318 e. The van der Waals surface area contributed by atoms with Crippen LogP contribution in [0.25, 0.3) is 0 Å². The summed E-state index contributed by atoms with van der Waals surface area (Å²) in [4.78, 5) is 2.32. The van der Waals surface area contributed by atoms with Gasteiger partial charge in [0.2, 0.25) is 10.0 Å². The predicted octanol–water partition coefficient (Wildman–Crippen LogP) is -0.00200. The molecular formula is C11H25N3O2S. The molecule has 17 heavy (non-hydrogen) atoms. The van der Waals surface area contributed by atoms with E-state index in [1.165, 1.54) is 12.8 Å². The lowest BCUT2D eigenvalue weighted by molar-refractivity contribution is 0.312. The van der Waals surface area contributed by atoms with Gasteiger partial charge in [0.25, 0.3) is 0 Å². The lowest BCUT2D eigenvalue weighted by Gasteiger charge is -2.23. The second kappa shape index (κ2) is 6.68. The van der Waals surface area contributed by atoms with Gasteiger partial charge in [0.15, 0.2) is 0 Å². The van der Waals surface area contributed by atoms with Gasteiger partial charge in [-0.2, -0.15) is 0 Å². The van der Waals surface area contributed by atoms with E-state index in [9.17, 15) is 8.42 Å². The lowest BCUT2D eigenvalue weighted by atomic mass is 10.3. The zero-order valence-electron chi connectivity index (χ0n) is 11.1. The number of sulfonamides is 1.